The molecule has 6 nitrogen and oxygen atoms in total. The maximum Gasteiger partial charge on any atom is 0.247 e. The van der Waals surface area contributed by atoms with Crippen molar-refractivity contribution in [3.8, 4) is 17.1 Å². The van der Waals surface area contributed by atoms with E-state index in [0.29, 0.717) is 39.8 Å². The summed E-state index contributed by atoms with van der Waals surface area (Å²) in [6, 6.07) is 15.0. The van der Waals surface area contributed by atoms with E-state index >= 15 is 0 Å². The fourth-order valence-electron chi connectivity index (χ4n) is 3.50. The second-order valence-electron chi connectivity index (χ2n) is 8.01. The lowest BCUT2D eigenvalue weighted by atomic mass is 10.1. The summed E-state index contributed by atoms with van der Waals surface area (Å²) in [6.07, 6.45) is 0.385. The molecule has 0 bridgehead atoms. The Balaban J connectivity index is 1.88. The largest absolute Gasteiger partial charge is 0.447 e. The standard InChI is InChI=1S/C24H25ClN4O2S/c1-4-8-20(30)29-19-12-6-5-11-18(19)21-22(26-24(28-27-21)32-14-15(2)3)31-23(29)16-9-7-10-17(25)13-16/h5-7,9-13,15,23H,4,8,14H2,1-3H3/t23-/m1/s1. The van der Waals surface area contributed by atoms with E-state index in [0.717, 1.165) is 23.3 Å². The van der Waals surface area contributed by atoms with E-state index in [1.165, 1.54) is 11.8 Å². The van der Waals surface area contributed by atoms with Crippen LogP contribution in [0.1, 0.15) is 45.4 Å². The van der Waals surface area contributed by atoms with Crippen molar-refractivity contribution in [3.05, 3.63) is 59.1 Å². The van der Waals surface area contributed by atoms with Crippen molar-refractivity contribution in [1.82, 2.24) is 15.2 Å². The van der Waals surface area contributed by atoms with E-state index in [2.05, 4.69) is 29.0 Å². The smallest absolute Gasteiger partial charge is 0.247 e. The third-order valence-corrected chi connectivity index (χ3v) is 6.42. The van der Waals surface area contributed by atoms with E-state index < -0.39 is 6.23 Å². The first kappa shape index (κ1) is 22.6. The topological polar surface area (TPSA) is 68.2 Å². The van der Waals surface area contributed by atoms with Crippen LogP contribution in [0, 0.1) is 5.92 Å². The normalized spacial score (nSPS) is 15.0. The van der Waals surface area contributed by atoms with Crippen LogP contribution in [0.15, 0.2) is 53.7 Å². The van der Waals surface area contributed by atoms with Crippen LogP contribution in [0.25, 0.3) is 11.3 Å². The predicted octanol–water partition coefficient (Wildman–Crippen LogP) is 6.16. The van der Waals surface area contributed by atoms with Crippen LogP contribution in [0.5, 0.6) is 5.88 Å². The Labute approximate surface area is 197 Å². The molecule has 0 spiro atoms. The van der Waals surface area contributed by atoms with Crippen molar-refractivity contribution >= 4 is 35.0 Å². The molecule has 8 heteroatoms. The van der Waals surface area contributed by atoms with Gasteiger partial charge in [-0.05, 0) is 30.5 Å². The average Bonchev–Trinajstić information content (AvgIpc) is 2.92. The van der Waals surface area contributed by atoms with E-state index in [1.54, 1.807) is 11.0 Å². The molecule has 3 aromatic rings. The molecule has 0 N–H and O–H groups in total. The van der Waals surface area contributed by atoms with E-state index in [-0.39, 0.29) is 5.91 Å². The summed E-state index contributed by atoms with van der Waals surface area (Å²) in [5, 5.41) is 9.90. The van der Waals surface area contributed by atoms with Crippen molar-refractivity contribution in [2.24, 2.45) is 5.92 Å². The van der Waals surface area contributed by atoms with Gasteiger partial charge in [0.1, 0.15) is 0 Å². The van der Waals surface area contributed by atoms with Crippen molar-refractivity contribution in [2.75, 3.05) is 10.7 Å². The zero-order valence-electron chi connectivity index (χ0n) is 18.3. The molecule has 0 saturated carbocycles. The summed E-state index contributed by atoms with van der Waals surface area (Å²) < 4.78 is 6.43. The molecule has 0 unspecified atom stereocenters. The molecule has 1 aliphatic heterocycles. The lowest BCUT2D eigenvalue weighted by Gasteiger charge is -2.31. The van der Waals surface area contributed by atoms with E-state index in [4.69, 9.17) is 16.3 Å². The van der Waals surface area contributed by atoms with Gasteiger partial charge in [0.25, 0.3) is 0 Å². The number of ether oxygens (including phenoxy) is 1. The zero-order valence-corrected chi connectivity index (χ0v) is 19.9. The summed E-state index contributed by atoms with van der Waals surface area (Å²) in [5.74, 6) is 1.68. The van der Waals surface area contributed by atoms with Gasteiger partial charge < -0.3 is 4.74 Å². The van der Waals surface area contributed by atoms with Gasteiger partial charge in [0.05, 0.1) is 5.69 Å². The highest BCUT2D eigenvalue weighted by atomic mass is 35.5. The summed E-state index contributed by atoms with van der Waals surface area (Å²) >= 11 is 7.83. The Morgan fingerprint density at radius 2 is 2.00 bits per heavy atom. The van der Waals surface area contributed by atoms with Gasteiger partial charge in [-0.1, -0.05) is 74.5 Å². The molecule has 0 saturated heterocycles. The molecule has 2 heterocycles. The SMILES string of the molecule is CCCC(=O)N1c2ccccc2-c2nnc(SCC(C)C)nc2O[C@@H]1c1cccc(Cl)c1. The first-order chi connectivity index (χ1) is 15.5. The number of amides is 1. The van der Waals surface area contributed by atoms with Crippen LogP contribution >= 0.6 is 23.4 Å². The molecule has 1 atom stereocenters. The molecular weight excluding hydrogens is 444 g/mol. The monoisotopic (exact) mass is 468 g/mol. The molecular formula is C24H25ClN4O2S. The number of nitrogens with zero attached hydrogens (tertiary/aromatic N) is 4. The number of fused-ring (bicyclic) bond motifs is 3. The van der Waals surface area contributed by atoms with E-state index in [1.807, 2.05) is 49.4 Å². The number of para-hydroxylation sites is 1. The molecule has 1 amide bonds. The Bertz CT molecular complexity index is 1120. The minimum absolute atomic E-state index is 0.0416. The summed E-state index contributed by atoms with van der Waals surface area (Å²) in [4.78, 5) is 19.7. The van der Waals surface area contributed by atoms with Gasteiger partial charge in [0.2, 0.25) is 23.2 Å². The number of thioether (sulfide) groups is 1. The molecule has 0 aliphatic carbocycles. The molecule has 1 aromatic heterocycles. The number of hydrogen-bond donors (Lipinski definition) is 0. The summed E-state index contributed by atoms with van der Waals surface area (Å²) in [7, 11) is 0. The third-order valence-electron chi connectivity index (χ3n) is 4.92. The van der Waals surface area contributed by atoms with Gasteiger partial charge in [0, 0.05) is 28.3 Å². The van der Waals surface area contributed by atoms with Crippen molar-refractivity contribution < 1.29 is 9.53 Å². The molecule has 2 aromatic carbocycles. The Morgan fingerprint density at radius 3 is 2.75 bits per heavy atom. The van der Waals surface area contributed by atoms with Gasteiger partial charge in [-0.15, -0.1) is 10.2 Å². The third kappa shape index (κ3) is 4.74. The van der Waals surface area contributed by atoms with Crippen LogP contribution in [0.4, 0.5) is 5.69 Å². The molecule has 166 valence electrons. The molecule has 0 fully saturated rings. The maximum atomic E-state index is 13.3. The minimum atomic E-state index is -0.727. The van der Waals surface area contributed by atoms with Crippen molar-refractivity contribution in [1.29, 1.82) is 0 Å². The van der Waals surface area contributed by atoms with Gasteiger partial charge in [-0.25, -0.2) is 0 Å². The maximum absolute atomic E-state index is 13.3. The number of rotatable bonds is 6. The number of aromatic nitrogens is 3. The summed E-state index contributed by atoms with van der Waals surface area (Å²) in [6.45, 7) is 6.27. The highest BCUT2D eigenvalue weighted by molar-refractivity contribution is 7.99. The first-order valence-corrected chi connectivity index (χ1v) is 12.1. The fourth-order valence-corrected chi connectivity index (χ4v) is 4.42. The number of benzene rings is 2. The minimum Gasteiger partial charge on any atom is -0.447 e. The van der Waals surface area contributed by atoms with Crippen LogP contribution in [0.2, 0.25) is 5.02 Å². The van der Waals surface area contributed by atoms with Gasteiger partial charge in [-0.2, -0.15) is 4.98 Å². The summed E-state index contributed by atoms with van der Waals surface area (Å²) in [5.41, 5.74) is 2.76. The zero-order chi connectivity index (χ0) is 22.7. The number of carbonyl (C=O) groups is 1. The van der Waals surface area contributed by atoms with Crippen LogP contribution in [-0.2, 0) is 4.79 Å². The van der Waals surface area contributed by atoms with Crippen LogP contribution in [0.3, 0.4) is 0 Å². The Morgan fingerprint density at radius 1 is 1.19 bits per heavy atom. The first-order valence-electron chi connectivity index (χ1n) is 10.7. The van der Waals surface area contributed by atoms with E-state index in [9.17, 15) is 4.79 Å². The predicted molar refractivity (Wildman–Crippen MR) is 128 cm³/mol. The Kier molecular flexibility index (Phi) is 6.96. The molecule has 0 radical (unpaired) electrons. The second-order valence-corrected chi connectivity index (χ2v) is 9.43. The quantitative estimate of drug-likeness (QED) is 0.403. The van der Waals surface area contributed by atoms with Gasteiger partial charge in [0.15, 0.2) is 5.69 Å². The number of halogens is 1. The highest BCUT2D eigenvalue weighted by Crippen LogP contribution is 2.43. The van der Waals surface area contributed by atoms with Gasteiger partial charge >= 0.3 is 0 Å². The second kappa shape index (κ2) is 9.88. The van der Waals surface area contributed by atoms with Crippen LogP contribution in [-0.4, -0.2) is 26.8 Å². The molecule has 32 heavy (non-hydrogen) atoms. The number of hydrogen-bond acceptors (Lipinski definition) is 6. The molecule has 1 aliphatic rings. The number of carbonyl (C=O) groups excluding carboxylic acids is 1. The van der Waals surface area contributed by atoms with Crippen molar-refractivity contribution in [2.45, 2.75) is 45.0 Å². The Hall–Kier alpha value is -2.64. The molecule has 4 rings (SSSR count). The van der Waals surface area contributed by atoms with Gasteiger partial charge in [-0.3, -0.25) is 9.69 Å². The highest BCUT2D eigenvalue weighted by Gasteiger charge is 2.35. The van der Waals surface area contributed by atoms with Crippen LogP contribution < -0.4 is 9.64 Å². The number of anilines is 1. The lowest BCUT2D eigenvalue weighted by Crippen LogP contribution is -2.37. The lowest BCUT2D eigenvalue weighted by molar-refractivity contribution is -0.120. The average molecular weight is 469 g/mol. The fraction of sp³-hybridized carbons (Fsp3) is 0.333. The van der Waals surface area contributed by atoms with Crippen molar-refractivity contribution in [3.63, 3.8) is 0 Å².